The van der Waals surface area contributed by atoms with Gasteiger partial charge < -0.3 is 10.0 Å². The molecule has 4 nitrogen and oxygen atoms in total. The van der Waals surface area contributed by atoms with Gasteiger partial charge in [0.25, 0.3) is 0 Å². The molecule has 0 spiro atoms. The van der Waals surface area contributed by atoms with E-state index in [2.05, 4.69) is 9.88 Å². The summed E-state index contributed by atoms with van der Waals surface area (Å²) in [6.07, 6.45) is -4.53. The molecule has 1 aliphatic rings. The number of fused-ring (bicyclic) bond motifs is 1. The number of hydrogen-bond acceptors (Lipinski definition) is 4. The Labute approximate surface area is 142 Å². The molecule has 1 N–H and O–H groups in total. The van der Waals surface area contributed by atoms with Crippen molar-refractivity contribution in [2.75, 3.05) is 44.2 Å². The molecule has 1 aromatic heterocycles. The quantitative estimate of drug-likeness (QED) is 0.914. The van der Waals surface area contributed by atoms with Crippen molar-refractivity contribution in [1.29, 1.82) is 0 Å². The molecule has 0 amide bonds. The van der Waals surface area contributed by atoms with Crippen molar-refractivity contribution in [1.82, 2.24) is 9.88 Å². The first-order chi connectivity index (χ1) is 11.4. The largest absolute Gasteiger partial charge is 0.433 e. The molecule has 0 bridgehead atoms. The van der Waals surface area contributed by atoms with Gasteiger partial charge in [-0.05, 0) is 12.1 Å². The maximum atomic E-state index is 13.2. The molecule has 0 atom stereocenters. The predicted octanol–water partition coefficient (Wildman–Crippen LogP) is 3.02. The second kappa shape index (κ2) is 6.74. The minimum absolute atomic E-state index is 0.0754. The van der Waals surface area contributed by atoms with Crippen LogP contribution in [0.3, 0.4) is 0 Å². The SMILES string of the molecule is OCCN1CCN(c2cc(C(F)(F)F)nc3c(Cl)cccc23)CC1. The van der Waals surface area contributed by atoms with Crippen LogP contribution >= 0.6 is 11.6 Å². The number of nitrogens with zero attached hydrogens (tertiary/aromatic N) is 3. The van der Waals surface area contributed by atoms with Gasteiger partial charge in [-0.15, -0.1) is 0 Å². The molecule has 1 aromatic carbocycles. The third-order valence-corrected chi connectivity index (χ3v) is 4.49. The van der Waals surface area contributed by atoms with Crippen LogP contribution in [0.1, 0.15) is 5.69 Å². The summed E-state index contributed by atoms with van der Waals surface area (Å²) in [5.74, 6) is 0. The Kier molecular flexibility index (Phi) is 4.85. The first kappa shape index (κ1) is 17.3. The van der Waals surface area contributed by atoms with E-state index in [0.717, 1.165) is 6.07 Å². The van der Waals surface area contributed by atoms with Gasteiger partial charge >= 0.3 is 6.18 Å². The Balaban J connectivity index is 2.02. The molecule has 1 aliphatic heterocycles. The van der Waals surface area contributed by atoms with Crippen LogP contribution < -0.4 is 4.90 Å². The zero-order valence-corrected chi connectivity index (χ0v) is 13.6. The molecule has 24 heavy (non-hydrogen) atoms. The lowest BCUT2D eigenvalue weighted by molar-refractivity contribution is -0.140. The predicted molar refractivity (Wildman–Crippen MR) is 87.5 cm³/mol. The number of rotatable bonds is 3. The van der Waals surface area contributed by atoms with Crippen LogP contribution in [0, 0.1) is 0 Å². The Morgan fingerprint density at radius 2 is 1.88 bits per heavy atom. The standard InChI is InChI=1S/C16H17ClF3N3O/c17-12-3-1-2-11-13(10-14(16(18,19)20)21-15(11)12)23-6-4-22(5-7-23)8-9-24/h1-3,10,24H,4-9H2. The van der Waals surface area contributed by atoms with Crippen molar-refractivity contribution < 1.29 is 18.3 Å². The number of benzene rings is 1. The zero-order chi connectivity index (χ0) is 17.3. The summed E-state index contributed by atoms with van der Waals surface area (Å²) in [5.41, 5.74) is -0.267. The molecule has 130 valence electrons. The van der Waals surface area contributed by atoms with E-state index >= 15 is 0 Å². The van der Waals surface area contributed by atoms with Crippen LogP contribution in [0.15, 0.2) is 24.3 Å². The fourth-order valence-electron chi connectivity index (χ4n) is 2.96. The number of piperazine rings is 1. The maximum Gasteiger partial charge on any atom is 0.433 e. The molecular formula is C16H17ClF3N3O. The Bertz CT molecular complexity index is 730. The van der Waals surface area contributed by atoms with E-state index in [1.165, 1.54) is 0 Å². The minimum atomic E-state index is -4.53. The Morgan fingerprint density at radius 3 is 2.50 bits per heavy atom. The highest BCUT2D eigenvalue weighted by Crippen LogP contribution is 2.37. The van der Waals surface area contributed by atoms with Crippen LogP contribution in [-0.4, -0.2) is 54.3 Å². The van der Waals surface area contributed by atoms with Crippen molar-refractivity contribution in [3.63, 3.8) is 0 Å². The smallest absolute Gasteiger partial charge is 0.395 e. The molecule has 1 fully saturated rings. The topological polar surface area (TPSA) is 39.6 Å². The highest BCUT2D eigenvalue weighted by Gasteiger charge is 2.34. The lowest BCUT2D eigenvalue weighted by Crippen LogP contribution is -2.47. The van der Waals surface area contributed by atoms with Crippen molar-refractivity contribution in [2.45, 2.75) is 6.18 Å². The number of aliphatic hydroxyl groups is 1. The van der Waals surface area contributed by atoms with E-state index < -0.39 is 11.9 Å². The van der Waals surface area contributed by atoms with Gasteiger partial charge in [0.2, 0.25) is 0 Å². The minimum Gasteiger partial charge on any atom is -0.395 e. The van der Waals surface area contributed by atoms with Crippen LogP contribution in [0.2, 0.25) is 5.02 Å². The van der Waals surface area contributed by atoms with Crippen LogP contribution in [-0.2, 0) is 6.18 Å². The average Bonchev–Trinajstić information content (AvgIpc) is 2.55. The number of hydrogen-bond donors (Lipinski definition) is 1. The summed E-state index contributed by atoms with van der Waals surface area (Å²) in [4.78, 5) is 7.72. The Morgan fingerprint density at radius 1 is 1.17 bits per heavy atom. The number of aromatic nitrogens is 1. The second-order valence-electron chi connectivity index (χ2n) is 5.71. The van der Waals surface area contributed by atoms with Gasteiger partial charge in [-0.25, -0.2) is 4.98 Å². The average molecular weight is 360 g/mol. The number of pyridine rings is 1. The molecule has 0 unspecified atom stereocenters. The molecular weight excluding hydrogens is 343 g/mol. The molecule has 0 aliphatic carbocycles. The monoisotopic (exact) mass is 359 g/mol. The van der Waals surface area contributed by atoms with Crippen molar-refractivity contribution in [3.8, 4) is 0 Å². The molecule has 1 saturated heterocycles. The van der Waals surface area contributed by atoms with Crippen LogP contribution in [0.4, 0.5) is 18.9 Å². The molecule has 2 aromatic rings. The zero-order valence-electron chi connectivity index (χ0n) is 12.9. The van der Waals surface area contributed by atoms with Gasteiger partial charge in [0.1, 0.15) is 5.69 Å². The van der Waals surface area contributed by atoms with Gasteiger partial charge in [0.15, 0.2) is 0 Å². The fourth-order valence-corrected chi connectivity index (χ4v) is 3.17. The Hall–Kier alpha value is -1.57. The lowest BCUT2D eigenvalue weighted by atomic mass is 10.1. The summed E-state index contributed by atoms with van der Waals surface area (Å²) in [5, 5.41) is 9.82. The van der Waals surface area contributed by atoms with Gasteiger partial charge in [-0.1, -0.05) is 23.7 Å². The number of anilines is 1. The normalized spacial score (nSPS) is 16.8. The van der Waals surface area contributed by atoms with E-state index in [4.69, 9.17) is 16.7 Å². The summed E-state index contributed by atoms with van der Waals surface area (Å²) >= 11 is 6.07. The highest BCUT2D eigenvalue weighted by atomic mass is 35.5. The maximum absolute atomic E-state index is 13.2. The summed E-state index contributed by atoms with van der Waals surface area (Å²) in [6, 6.07) is 6.09. The van der Waals surface area contributed by atoms with E-state index in [9.17, 15) is 13.2 Å². The number of para-hydroxylation sites is 1. The van der Waals surface area contributed by atoms with Gasteiger partial charge in [0.05, 0.1) is 17.1 Å². The number of β-amino-alcohol motifs (C(OH)–C–C–N with tert-alkyl or cyclic N) is 1. The summed E-state index contributed by atoms with van der Waals surface area (Å²) < 4.78 is 39.6. The van der Waals surface area contributed by atoms with E-state index in [0.29, 0.717) is 43.8 Å². The van der Waals surface area contributed by atoms with Crippen molar-refractivity contribution >= 4 is 28.2 Å². The molecule has 0 saturated carbocycles. The first-order valence-corrected chi connectivity index (χ1v) is 8.02. The van der Waals surface area contributed by atoms with Crippen LogP contribution in [0.25, 0.3) is 10.9 Å². The third kappa shape index (κ3) is 3.43. The third-order valence-electron chi connectivity index (χ3n) is 4.19. The molecule has 8 heteroatoms. The van der Waals surface area contributed by atoms with Crippen molar-refractivity contribution in [2.24, 2.45) is 0 Å². The highest BCUT2D eigenvalue weighted by molar-refractivity contribution is 6.35. The fraction of sp³-hybridized carbons (Fsp3) is 0.438. The number of halogens is 4. The van der Waals surface area contributed by atoms with Crippen molar-refractivity contribution in [3.05, 3.63) is 35.0 Å². The van der Waals surface area contributed by atoms with E-state index in [-0.39, 0.29) is 17.1 Å². The first-order valence-electron chi connectivity index (χ1n) is 7.65. The summed E-state index contributed by atoms with van der Waals surface area (Å²) in [6.45, 7) is 3.20. The molecule has 2 heterocycles. The van der Waals surface area contributed by atoms with Gasteiger partial charge in [0, 0.05) is 43.8 Å². The second-order valence-corrected chi connectivity index (χ2v) is 6.12. The summed E-state index contributed by atoms with van der Waals surface area (Å²) in [7, 11) is 0. The molecule has 3 rings (SSSR count). The van der Waals surface area contributed by atoms with E-state index in [1.807, 2.05) is 4.90 Å². The number of alkyl halides is 3. The molecule has 0 radical (unpaired) electrons. The van der Waals surface area contributed by atoms with Gasteiger partial charge in [-0.3, -0.25) is 4.90 Å². The van der Waals surface area contributed by atoms with Gasteiger partial charge in [-0.2, -0.15) is 13.2 Å². The van der Waals surface area contributed by atoms with Crippen LogP contribution in [0.5, 0.6) is 0 Å². The lowest BCUT2D eigenvalue weighted by Gasteiger charge is -2.36. The van der Waals surface area contributed by atoms with E-state index in [1.54, 1.807) is 18.2 Å². The number of aliphatic hydroxyl groups excluding tert-OH is 1.